The molecule has 0 bridgehead atoms. The van der Waals surface area contributed by atoms with Crippen LogP contribution in [0.5, 0.6) is 11.6 Å². The quantitative estimate of drug-likeness (QED) is 0.827. The number of nitriles is 1. The number of pyridine rings is 1. The van der Waals surface area contributed by atoms with Crippen LogP contribution in [-0.4, -0.2) is 4.98 Å². The molecular weight excluding hydrogens is 202 g/mol. The third-order valence-corrected chi connectivity index (χ3v) is 1.96. The fourth-order valence-electron chi connectivity index (χ4n) is 1.20. The summed E-state index contributed by atoms with van der Waals surface area (Å²) in [5.41, 5.74) is 6.78. The average Bonchev–Trinajstić information content (AvgIpc) is 2.30. The Hall–Kier alpha value is -2.54. The molecule has 0 amide bonds. The van der Waals surface area contributed by atoms with E-state index in [1.165, 1.54) is 0 Å². The molecule has 0 saturated carbocycles. The van der Waals surface area contributed by atoms with Gasteiger partial charge < -0.3 is 10.5 Å². The molecule has 78 valence electrons. The fourth-order valence-corrected chi connectivity index (χ4v) is 1.20. The molecular formula is C12H9N3O. The van der Waals surface area contributed by atoms with E-state index >= 15 is 0 Å². The summed E-state index contributed by atoms with van der Waals surface area (Å²) in [5, 5.41) is 8.63. The van der Waals surface area contributed by atoms with E-state index < -0.39 is 0 Å². The van der Waals surface area contributed by atoms with Crippen molar-refractivity contribution in [3.05, 3.63) is 48.2 Å². The molecule has 1 aromatic heterocycles. The summed E-state index contributed by atoms with van der Waals surface area (Å²) in [6.07, 6.45) is 1.58. The van der Waals surface area contributed by atoms with E-state index in [2.05, 4.69) is 4.98 Å². The smallest absolute Gasteiger partial charge is 0.221 e. The van der Waals surface area contributed by atoms with E-state index in [4.69, 9.17) is 15.7 Å². The number of nitrogens with two attached hydrogens (primary N) is 1. The lowest BCUT2D eigenvalue weighted by atomic mass is 10.2. The number of rotatable bonds is 2. The fraction of sp³-hybridized carbons (Fsp3) is 0. The van der Waals surface area contributed by atoms with Crippen LogP contribution in [0.4, 0.5) is 5.69 Å². The zero-order chi connectivity index (χ0) is 11.4. The van der Waals surface area contributed by atoms with Crippen LogP contribution >= 0.6 is 0 Å². The summed E-state index contributed by atoms with van der Waals surface area (Å²) in [4.78, 5) is 4.01. The van der Waals surface area contributed by atoms with Gasteiger partial charge in [0.15, 0.2) is 0 Å². The van der Waals surface area contributed by atoms with Crippen molar-refractivity contribution >= 4 is 5.69 Å². The molecule has 0 aliphatic carbocycles. The van der Waals surface area contributed by atoms with Gasteiger partial charge in [0.25, 0.3) is 0 Å². The molecule has 0 saturated heterocycles. The highest BCUT2D eigenvalue weighted by atomic mass is 16.5. The molecule has 0 unspecified atom stereocenters. The monoisotopic (exact) mass is 211 g/mol. The van der Waals surface area contributed by atoms with Gasteiger partial charge in [-0.25, -0.2) is 4.98 Å². The van der Waals surface area contributed by atoms with Gasteiger partial charge in [-0.05, 0) is 30.3 Å². The largest absolute Gasteiger partial charge is 0.439 e. The van der Waals surface area contributed by atoms with Crippen LogP contribution in [0.1, 0.15) is 5.56 Å². The molecule has 0 atom stereocenters. The zero-order valence-corrected chi connectivity index (χ0v) is 8.42. The maximum atomic E-state index is 8.63. The van der Waals surface area contributed by atoms with Gasteiger partial charge in [0.1, 0.15) is 5.75 Å². The average molecular weight is 211 g/mol. The second-order valence-corrected chi connectivity index (χ2v) is 3.17. The first-order valence-electron chi connectivity index (χ1n) is 4.67. The third-order valence-electron chi connectivity index (χ3n) is 1.96. The van der Waals surface area contributed by atoms with Crippen molar-refractivity contribution in [1.82, 2.24) is 4.98 Å². The van der Waals surface area contributed by atoms with E-state index in [0.29, 0.717) is 22.9 Å². The third kappa shape index (κ3) is 2.28. The molecule has 0 aliphatic heterocycles. The van der Waals surface area contributed by atoms with Gasteiger partial charge in [0, 0.05) is 18.0 Å². The summed E-state index contributed by atoms with van der Waals surface area (Å²) in [6, 6.07) is 12.1. The van der Waals surface area contributed by atoms with Crippen molar-refractivity contribution in [2.75, 3.05) is 5.73 Å². The summed E-state index contributed by atoms with van der Waals surface area (Å²) < 4.78 is 5.46. The molecule has 0 fully saturated rings. The summed E-state index contributed by atoms with van der Waals surface area (Å²) in [7, 11) is 0. The van der Waals surface area contributed by atoms with Gasteiger partial charge in [-0.2, -0.15) is 5.26 Å². The van der Waals surface area contributed by atoms with Gasteiger partial charge >= 0.3 is 0 Å². The molecule has 1 aromatic carbocycles. The number of aromatic nitrogens is 1. The maximum absolute atomic E-state index is 8.63. The Bertz CT molecular complexity index is 529. The highest BCUT2D eigenvalue weighted by Gasteiger charge is 1.99. The van der Waals surface area contributed by atoms with Crippen molar-refractivity contribution in [3.63, 3.8) is 0 Å². The standard InChI is InChI=1S/C12H9N3O/c13-8-9-1-3-11(4-2-9)16-12-7-10(14)5-6-15-12/h1-7H,(H2,14,15). The van der Waals surface area contributed by atoms with Crippen LogP contribution in [0.25, 0.3) is 0 Å². The first-order chi connectivity index (χ1) is 7.78. The Labute approximate surface area is 92.9 Å². The van der Waals surface area contributed by atoms with Crippen LogP contribution in [0.15, 0.2) is 42.6 Å². The molecule has 2 N–H and O–H groups in total. The van der Waals surface area contributed by atoms with Crippen molar-refractivity contribution in [1.29, 1.82) is 5.26 Å². The lowest BCUT2D eigenvalue weighted by Crippen LogP contribution is -1.90. The van der Waals surface area contributed by atoms with Crippen LogP contribution in [0.3, 0.4) is 0 Å². The van der Waals surface area contributed by atoms with Gasteiger partial charge in [0.2, 0.25) is 5.88 Å². The summed E-state index contributed by atoms with van der Waals surface area (Å²) in [5.74, 6) is 1.06. The minimum atomic E-state index is 0.435. The molecule has 0 aliphatic rings. The number of nitrogen functional groups attached to an aromatic ring is 1. The molecule has 0 spiro atoms. The van der Waals surface area contributed by atoms with Crippen LogP contribution < -0.4 is 10.5 Å². The Balaban J connectivity index is 2.18. The molecule has 2 aromatic rings. The van der Waals surface area contributed by atoms with E-state index in [9.17, 15) is 0 Å². The van der Waals surface area contributed by atoms with Crippen molar-refractivity contribution in [3.8, 4) is 17.7 Å². The van der Waals surface area contributed by atoms with Crippen molar-refractivity contribution in [2.24, 2.45) is 0 Å². The molecule has 4 heteroatoms. The van der Waals surface area contributed by atoms with Gasteiger partial charge in [-0.3, -0.25) is 0 Å². The highest BCUT2D eigenvalue weighted by molar-refractivity contribution is 5.41. The molecule has 16 heavy (non-hydrogen) atoms. The van der Waals surface area contributed by atoms with Gasteiger partial charge in [-0.15, -0.1) is 0 Å². The second kappa shape index (κ2) is 4.32. The molecule has 0 radical (unpaired) electrons. The SMILES string of the molecule is N#Cc1ccc(Oc2cc(N)ccn2)cc1. The van der Waals surface area contributed by atoms with Gasteiger partial charge in [0.05, 0.1) is 11.6 Å². The zero-order valence-electron chi connectivity index (χ0n) is 8.42. The minimum absolute atomic E-state index is 0.435. The topological polar surface area (TPSA) is 71.9 Å². The molecule has 2 rings (SSSR count). The Kier molecular flexibility index (Phi) is 2.70. The van der Waals surface area contributed by atoms with E-state index in [-0.39, 0.29) is 0 Å². The first kappa shape index (κ1) is 9.99. The van der Waals surface area contributed by atoms with Gasteiger partial charge in [-0.1, -0.05) is 0 Å². The Morgan fingerprint density at radius 2 is 1.94 bits per heavy atom. The van der Waals surface area contributed by atoms with Crippen LogP contribution in [-0.2, 0) is 0 Å². The summed E-state index contributed by atoms with van der Waals surface area (Å²) >= 11 is 0. The number of anilines is 1. The van der Waals surface area contributed by atoms with Crippen LogP contribution in [0, 0.1) is 11.3 Å². The second-order valence-electron chi connectivity index (χ2n) is 3.17. The van der Waals surface area contributed by atoms with E-state index in [1.807, 2.05) is 6.07 Å². The normalized spacial score (nSPS) is 9.44. The summed E-state index contributed by atoms with van der Waals surface area (Å²) in [6.45, 7) is 0. The van der Waals surface area contributed by atoms with Crippen LogP contribution in [0.2, 0.25) is 0 Å². The minimum Gasteiger partial charge on any atom is -0.439 e. The highest BCUT2D eigenvalue weighted by Crippen LogP contribution is 2.20. The molecule has 4 nitrogen and oxygen atoms in total. The predicted molar refractivity (Wildman–Crippen MR) is 59.9 cm³/mol. The predicted octanol–water partition coefficient (Wildman–Crippen LogP) is 2.33. The Morgan fingerprint density at radius 1 is 1.19 bits per heavy atom. The first-order valence-corrected chi connectivity index (χ1v) is 4.67. The van der Waals surface area contributed by atoms with Crippen molar-refractivity contribution < 1.29 is 4.74 Å². The number of nitrogens with zero attached hydrogens (tertiary/aromatic N) is 2. The van der Waals surface area contributed by atoms with Crippen molar-refractivity contribution in [2.45, 2.75) is 0 Å². The number of hydrogen-bond acceptors (Lipinski definition) is 4. The number of ether oxygens (including phenoxy) is 1. The maximum Gasteiger partial charge on any atom is 0.221 e. The lowest BCUT2D eigenvalue weighted by Gasteiger charge is -2.04. The molecule has 1 heterocycles. The van der Waals surface area contributed by atoms with E-state index in [1.54, 1.807) is 42.6 Å². The van der Waals surface area contributed by atoms with E-state index in [0.717, 1.165) is 0 Å². The Morgan fingerprint density at radius 3 is 2.56 bits per heavy atom. The number of hydrogen-bond donors (Lipinski definition) is 1. The number of benzene rings is 1. The lowest BCUT2D eigenvalue weighted by molar-refractivity contribution is 0.463.